The molecular formula is C14H18O4. The Labute approximate surface area is 106 Å². The first-order valence-electron chi connectivity index (χ1n) is 6.58. The van der Waals surface area contributed by atoms with E-state index in [9.17, 15) is 9.59 Å². The van der Waals surface area contributed by atoms with Crippen molar-refractivity contribution < 1.29 is 19.1 Å². The third-order valence-electron chi connectivity index (χ3n) is 4.99. The third-order valence-corrected chi connectivity index (χ3v) is 4.99. The average molecular weight is 250 g/mol. The second-order valence-corrected chi connectivity index (χ2v) is 5.62. The van der Waals surface area contributed by atoms with Gasteiger partial charge in [-0.2, -0.15) is 0 Å². The smallest absolute Gasteiger partial charge is 0.313 e. The van der Waals surface area contributed by atoms with Crippen molar-refractivity contribution in [3.63, 3.8) is 0 Å². The van der Waals surface area contributed by atoms with Gasteiger partial charge in [0.15, 0.2) is 0 Å². The van der Waals surface area contributed by atoms with E-state index in [0.717, 1.165) is 19.3 Å². The van der Waals surface area contributed by atoms with Crippen LogP contribution >= 0.6 is 0 Å². The molecule has 3 rings (SSSR count). The molecule has 0 bridgehead atoms. The number of esters is 2. The van der Waals surface area contributed by atoms with Gasteiger partial charge in [0, 0.05) is 5.92 Å². The number of hydrogen-bond donors (Lipinski definition) is 0. The molecule has 2 aliphatic carbocycles. The molecular weight excluding hydrogens is 232 g/mol. The predicted octanol–water partition coefficient (Wildman–Crippen LogP) is 1.69. The summed E-state index contributed by atoms with van der Waals surface area (Å²) in [5.41, 5.74) is -0.566. The topological polar surface area (TPSA) is 52.6 Å². The van der Waals surface area contributed by atoms with E-state index >= 15 is 0 Å². The summed E-state index contributed by atoms with van der Waals surface area (Å²) >= 11 is 0. The van der Waals surface area contributed by atoms with E-state index in [4.69, 9.17) is 9.47 Å². The number of methoxy groups -OCH3 is 1. The minimum Gasteiger partial charge on any atom is -0.469 e. The van der Waals surface area contributed by atoms with Crippen LogP contribution in [0.5, 0.6) is 0 Å². The lowest BCUT2D eigenvalue weighted by molar-refractivity contribution is -0.167. The van der Waals surface area contributed by atoms with Crippen molar-refractivity contribution in [1.82, 2.24) is 0 Å². The van der Waals surface area contributed by atoms with Crippen LogP contribution in [-0.4, -0.2) is 25.2 Å². The summed E-state index contributed by atoms with van der Waals surface area (Å²) in [5, 5.41) is 0. The molecule has 0 radical (unpaired) electrons. The predicted molar refractivity (Wildman–Crippen MR) is 63.5 cm³/mol. The van der Waals surface area contributed by atoms with Crippen molar-refractivity contribution in [2.75, 3.05) is 7.11 Å². The van der Waals surface area contributed by atoms with Crippen LogP contribution in [0.4, 0.5) is 0 Å². The third kappa shape index (κ3) is 1.26. The van der Waals surface area contributed by atoms with Crippen LogP contribution in [-0.2, 0) is 19.1 Å². The minimum atomic E-state index is -0.566. The summed E-state index contributed by atoms with van der Waals surface area (Å²) < 4.78 is 10.5. The lowest BCUT2D eigenvalue weighted by Crippen LogP contribution is -2.53. The van der Waals surface area contributed by atoms with Crippen LogP contribution in [0.3, 0.4) is 0 Å². The fraction of sp³-hybridized carbons (Fsp3) is 0.714. The standard InChI is InChI=1S/C14H18O4/c1-8-5-6-9-11-10(18-12(9)15)4-3-7-14(8,11)13(16)17-2/h5-6,8-11H,3-4,7H2,1-2H3/t8-,9-,10+,11+,14-/m1/s1. The molecule has 0 aromatic carbocycles. The van der Waals surface area contributed by atoms with Gasteiger partial charge in [-0.05, 0) is 25.2 Å². The zero-order valence-corrected chi connectivity index (χ0v) is 10.7. The molecule has 0 aromatic heterocycles. The van der Waals surface area contributed by atoms with E-state index in [0.29, 0.717) is 0 Å². The molecule has 5 atom stereocenters. The Morgan fingerprint density at radius 2 is 2.28 bits per heavy atom. The summed E-state index contributed by atoms with van der Waals surface area (Å²) in [6.45, 7) is 2.04. The lowest BCUT2D eigenvalue weighted by Gasteiger charge is -2.47. The summed E-state index contributed by atoms with van der Waals surface area (Å²) in [6.07, 6.45) is 6.36. The normalized spacial score (nSPS) is 45.3. The van der Waals surface area contributed by atoms with Crippen LogP contribution in [0, 0.1) is 23.2 Å². The molecule has 0 aromatic rings. The summed E-state index contributed by atoms with van der Waals surface area (Å²) in [6, 6.07) is 0. The number of carbonyl (C=O) groups excluding carboxylic acids is 2. The maximum atomic E-state index is 12.3. The molecule has 0 spiro atoms. The first-order chi connectivity index (χ1) is 8.61. The van der Waals surface area contributed by atoms with E-state index in [2.05, 4.69) is 0 Å². The Hall–Kier alpha value is -1.32. The van der Waals surface area contributed by atoms with Gasteiger partial charge in [-0.1, -0.05) is 19.1 Å². The number of ether oxygens (including phenoxy) is 2. The van der Waals surface area contributed by atoms with Crippen LogP contribution < -0.4 is 0 Å². The van der Waals surface area contributed by atoms with Gasteiger partial charge in [0.25, 0.3) is 0 Å². The quantitative estimate of drug-likeness (QED) is 0.525. The maximum absolute atomic E-state index is 12.3. The Bertz CT molecular complexity index is 428. The van der Waals surface area contributed by atoms with Crippen LogP contribution in [0.2, 0.25) is 0 Å². The molecule has 3 aliphatic rings. The first kappa shape index (κ1) is 11.8. The SMILES string of the molecule is COC(=O)[C@]12CCC[C@@H]3OC(=O)[C@H](C=C[C@H]1C)[C@@H]32. The van der Waals surface area contributed by atoms with Gasteiger partial charge in [-0.25, -0.2) is 0 Å². The van der Waals surface area contributed by atoms with E-state index in [1.165, 1.54) is 7.11 Å². The molecule has 0 N–H and O–H groups in total. The highest BCUT2D eigenvalue weighted by Crippen LogP contribution is 2.57. The molecule has 1 saturated heterocycles. The highest BCUT2D eigenvalue weighted by atomic mass is 16.6. The van der Waals surface area contributed by atoms with Crippen LogP contribution in [0.1, 0.15) is 26.2 Å². The first-order valence-corrected chi connectivity index (χ1v) is 6.58. The van der Waals surface area contributed by atoms with Crippen LogP contribution in [0.15, 0.2) is 12.2 Å². The van der Waals surface area contributed by atoms with Gasteiger partial charge in [-0.15, -0.1) is 0 Å². The Balaban J connectivity index is 2.11. The lowest BCUT2D eigenvalue weighted by atomic mass is 9.54. The van der Waals surface area contributed by atoms with Crippen molar-refractivity contribution in [2.45, 2.75) is 32.3 Å². The monoisotopic (exact) mass is 250 g/mol. The van der Waals surface area contributed by atoms with Crippen molar-refractivity contribution >= 4 is 11.9 Å². The zero-order chi connectivity index (χ0) is 12.9. The Morgan fingerprint density at radius 3 is 3.00 bits per heavy atom. The largest absolute Gasteiger partial charge is 0.469 e. The number of carbonyl (C=O) groups is 2. The number of hydrogen-bond acceptors (Lipinski definition) is 4. The van der Waals surface area contributed by atoms with Crippen molar-refractivity contribution in [1.29, 1.82) is 0 Å². The van der Waals surface area contributed by atoms with Crippen molar-refractivity contribution in [3.05, 3.63) is 12.2 Å². The molecule has 2 fully saturated rings. The van der Waals surface area contributed by atoms with Gasteiger partial charge in [0.05, 0.1) is 18.4 Å². The van der Waals surface area contributed by atoms with E-state index < -0.39 is 5.41 Å². The highest BCUT2D eigenvalue weighted by molar-refractivity contribution is 5.84. The molecule has 1 heterocycles. The molecule has 4 nitrogen and oxygen atoms in total. The number of rotatable bonds is 1. The van der Waals surface area contributed by atoms with E-state index in [1.54, 1.807) is 0 Å². The second kappa shape index (κ2) is 3.84. The Kier molecular flexibility index (Phi) is 2.50. The second-order valence-electron chi connectivity index (χ2n) is 5.62. The molecule has 1 aliphatic heterocycles. The molecule has 18 heavy (non-hydrogen) atoms. The van der Waals surface area contributed by atoms with Gasteiger partial charge >= 0.3 is 11.9 Å². The summed E-state index contributed by atoms with van der Waals surface area (Å²) in [4.78, 5) is 24.2. The Morgan fingerprint density at radius 1 is 1.50 bits per heavy atom. The van der Waals surface area contributed by atoms with Gasteiger partial charge in [-0.3, -0.25) is 9.59 Å². The molecule has 1 saturated carbocycles. The van der Waals surface area contributed by atoms with Gasteiger partial charge in [0.1, 0.15) is 6.10 Å². The minimum absolute atomic E-state index is 0.0359. The van der Waals surface area contributed by atoms with E-state index in [-0.39, 0.29) is 35.8 Å². The van der Waals surface area contributed by atoms with Gasteiger partial charge < -0.3 is 9.47 Å². The number of allylic oxidation sites excluding steroid dienone is 1. The average Bonchev–Trinajstić information content (AvgIpc) is 2.70. The van der Waals surface area contributed by atoms with Crippen molar-refractivity contribution in [3.8, 4) is 0 Å². The zero-order valence-electron chi connectivity index (χ0n) is 10.7. The molecule has 0 unspecified atom stereocenters. The highest BCUT2D eigenvalue weighted by Gasteiger charge is 2.63. The molecule has 0 amide bonds. The fourth-order valence-corrected chi connectivity index (χ4v) is 4.13. The van der Waals surface area contributed by atoms with Gasteiger partial charge in [0.2, 0.25) is 0 Å². The molecule has 98 valence electrons. The van der Waals surface area contributed by atoms with E-state index in [1.807, 2.05) is 19.1 Å². The van der Waals surface area contributed by atoms with Crippen molar-refractivity contribution in [2.24, 2.45) is 23.2 Å². The summed E-state index contributed by atoms with van der Waals surface area (Å²) in [5.74, 6) is -0.555. The van der Waals surface area contributed by atoms with Crippen LogP contribution in [0.25, 0.3) is 0 Å². The summed E-state index contributed by atoms with van der Waals surface area (Å²) in [7, 11) is 1.43. The maximum Gasteiger partial charge on any atom is 0.313 e. The fourth-order valence-electron chi connectivity index (χ4n) is 4.13. The molecule has 4 heteroatoms.